The molecule has 0 amide bonds. The normalized spacial score (nSPS) is 19.4. The first-order chi connectivity index (χ1) is 10.9. The van der Waals surface area contributed by atoms with E-state index >= 15 is 0 Å². The zero-order valence-electron chi connectivity index (χ0n) is 14.6. The Kier molecular flexibility index (Phi) is 10.2. The van der Waals surface area contributed by atoms with Gasteiger partial charge in [0.1, 0.15) is 5.78 Å². The molecule has 0 spiro atoms. The van der Waals surface area contributed by atoms with Crippen LogP contribution in [0.2, 0.25) is 0 Å². The van der Waals surface area contributed by atoms with E-state index < -0.39 is 20.4 Å². The van der Waals surface area contributed by atoms with Gasteiger partial charge in [-0.25, -0.2) is 3.63 Å². The van der Waals surface area contributed by atoms with Crippen molar-refractivity contribution in [2.45, 2.75) is 58.8 Å². The maximum atomic E-state index is 12.3. The number of hydrogen-bond acceptors (Lipinski definition) is 5. The molecule has 1 rings (SSSR count). The standard InChI is InChI=1S/C16H32O4S3/c1-3-5-7-8-9-16(17)15-22(13-10-21-11-14-22)20-23(18,19)12-6-4-2/h3-15H2,1-2H3. The summed E-state index contributed by atoms with van der Waals surface area (Å²) in [6, 6.07) is 0. The molecule has 0 atom stereocenters. The zero-order valence-corrected chi connectivity index (χ0v) is 17.0. The summed E-state index contributed by atoms with van der Waals surface area (Å²) in [4.78, 5) is 12.3. The summed E-state index contributed by atoms with van der Waals surface area (Å²) < 4.78 is 30.1. The predicted molar refractivity (Wildman–Crippen MR) is 103 cm³/mol. The predicted octanol–water partition coefficient (Wildman–Crippen LogP) is 4.14. The minimum absolute atomic E-state index is 0.0794. The molecule has 0 aromatic rings. The van der Waals surface area contributed by atoms with Crippen molar-refractivity contribution < 1.29 is 16.8 Å². The molecule has 1 aliphatic rings. The Morgan fingerprint density at radius 3 is 2.30 bits per heavy atom. The number of thioether (sulfide) groups is 1. The Balaban J connectivity index is 2.61. The molecule has 1 heterocycles. The second-order valence-corrected chi connectivity index (χ2v) is 12.5. The number of ketones is 1. The van der Waals surface area contributed by atoms with Crippen LogP contribution in [0.25, 0.3) is 0 Å². The second kappa shape index (κ2) is 11.0. The van der Waals surface area contributed by atoms with Crippen LogP contribution in [-0.4, -0.2) is 48.7 Å². The maximum absolute atomic E-state index is 12.3. The Bertz CT molecular complexity index is 442. The lowest BCUT2D eigenvalue weighted by molar-refractivity contribution is -0.116. The van der Waals surface area contributed by atoms with E-state index in [9.17, 15) is 13.2 Å². The van der Waals surface area contributed by atoms with Gasteiger partial charge < -0.3 is 0 Å². The summed E-state index contributed by atoms with van der Waals surface area (Å²) in [6.45, 7) is 4.12. The minimum Gasteiger partial charge on any atom is -0.299 e. The molecule has 0 bridgehead atoms. The van der Waals surface area contributed by atoms with Crippen molar-refractivity contribution in [2.24, 2.45) is 0 Å². The summed E-state index contributed by atoms with van der Waals surface area (Å²) in [7, 11) is -5.29. The van der Waals surface area contributed by atoms with Crippen molar-refractivity contribution in [3.63, 3.8) is 0 Å². The first-order valence-electron chi connectivity index (χ1n) is 8.72. The van der Waals surface area contributed by atoms with Crippen molar-refractivity contribution in [3.05, 3.63) is 0 Å². The molecule has 4 nitrogen and oxygen atoms in total. The highest BCUT2D eigenvalue weighted by molar-refractivity contribution is 8.34. The van der Waals surface area contributed by atoms with Gasteiger partial charge in [0.15, 0.2) is 0 Å². The monoisotopic (exact) mass is 384 g/mol. The SMILES string of the molecule is CCCCCCC(=O)CS1(OS(=O)(=O)CCCC)CCSCC1. The van der Waals surface area contributed by atoms with Gasteiger partial charge in [-0.15, -0.1) is 10.3 Å². The van der Waals surface area contributed by atoms with Crippen molar-refractivity contribution >= 4 is 38.0 Å². The van der Waals surface area contributed by atoms with Gasteiger partial charge in [0, 0.05) is 29.4 Å². The molecule has 0 saturated carbocycles. The Morgan fingerprint density at radius 2 is 1.70 bits per heavy atom. The lowest BCUT2D eigenvalue weighted by Gasteiger charge is -2.40. The molecular weight excluding hydrogens is 352 g/mol. The zero-order chi connectivity index (χ0) is 17.2. The molecular formula is C16H32O4S3. The van der Waals surface area contributed by atoms with E-state index in [4.69, 9.17) is 3.63 Å². The lowest BCUT2D eigenvalue weighted by Crippen LogP contribution is -2.30. The van der Waals surface area contributed by atoms with Gasteiger partial charge in [-0.05, 0) is 12.8 Å². The Morgan fingerprint density at radius 1 is 1.04 bits per heavy atom. The molecule has 138 valence electrons. The number of unbranched alkanes of at least 4 members (excludes halogenated alkanes) is 4. The van der Waals surface area contributed by atoms with E-state index in [2.05, 4.69) is 6.92 Å². The first-order valence-corrected chi connectivity index (χ1v) is 13.5. The number of rotatable bonds is 12. The van der Waals surface area contributed by atoms with E-state index in [1.165, 1.54) is 0 Å². The summed E-state index contributed by atoms with van der Waals surface area (Å²) in [5.74, 6) is 3.90. The fourth-order valence-corrected chi connectivity index (χ4v) is 10.8. The quantitative estimate of drug-likeness (QED) is 0.473. The molecule has 0 unspecified atom stereocenters. The first kappa shape index (κ1) is 21.3. The van der Waals surface area contributed by atoms with Crippen LogP contribution in [0, 0.1) is 0 Å². The molecule has 0 aromatic carbocycles. The van der Waals surface area contributed by atoms with Gasteiger partial charge in [0.25, 0.3) is 10.1 Å². The third-order valence-electron chi connectivity index (χ3n) is 3.93. The molecule has 0 aliphatic carbocycles. The average Bonchev–Trinajstić information content (AvgIpc) is 2.50. The van der Waals surface area contributed by atoms with Crippen LogP contribution < -0.4 is 0 Å². The molecule has 1 saturated heterocycles. The van der Waals surface area contributed by atoms with Crippen LogP contribution >= 0.6 is 22.1 Å². The van der Waals surface area contributed by atoms with Crippen LogP contribution in [0.3, 0.4) is 0 Å². The van der Waals surface area contributed by atoms with Gasteiger partial charge in [-0.1, -0.05) is 39.5 Å². The summed E-state index contributed by atoms with van der Waals surface area (Å²) >= 11 is 1.83. The minimum atomic E-state index is -3.50. The van der Waals surface area contributed by atoms with E-state index in [0.717, 1.165) is 55.1 Å². The van der Waals surface area contributed by atoms with Gasteiger partial charge in [0.05, 0.1) is 11.5 Å². The van der Waals surface area contributed by atoms with Gasteiger partial charge in [0.2, 0.25) is 0 Å². The van der Waals surface area contributed by atoms with E-state index in [1.807, 2.05) is 18.7 Å². The molecule has 0 radical (unpaired) electrons. The van der Waals surface area contributed by atoms with Crippen LogP contribution in [-0.2, 0) is 18.5 Å². The molecule has 1 aliphatic heterocycles. The maximum Gasteiger partial charge on any atom is 0.276 e. The number of hydrogen-bond donors (Lipinski definition) is 0. The fourth-order valence-electron chi connectivity index (χ4n) is 2.55. The average molecular weight is 385 g/mol. The third-order valence-corrected chi connectivity index (χ3v) is 10.9. The number of carbonyl (C=O) groups excluding carboxylic acids is 1. The molecule has 0 N–H and O–H groups in total. The number of carbonyl (C=O) groups is 1. The van der Waals surface area contributed by atoms with Crippen molar-refractivity contribution in [1.82, 2.24) is 0 Å². The third kappa shape index (κ3) is 8.79. The van der Waals surface area contributed by atoms with Crippen LogP contribution in [0.15, 0.2) is 0 Å². The summed E-state index contributed by atoms with van der Waals surface area (Å²) in [5.41, 5.74) is 0. The largest absolute Gasteiger partial charge is 0.299 e. The topological polar surface area (TPSA) is 60.4 Å². The number of Topliss-reactive ketones (excluding diaryl/α,β-unsaturated/α-hetero) is 1. The highest BCUT2D eigenvalue weighted by Crippen LogP contribution is 2.53. The van der Waals surface area contributed by atoms with Crippen LogP contribution in [0.5, 0.6) is 0 Å². The van der Waals surface area contributed by atoms with Gasteiger partial charge in [-0.3, -0.25) is 4.79 Å². The second-order valence-electron chi connectivity index (χ2n) is 6.16. The van der Waals surface area contributed by atoms with E-state index in [-0.39, 0.29) is 11.5 Å². The highest BCUT2D eigenvalue weighted by Gasteiger charge is 2.34. The lowest BCUT2D eigenvalue weighted by atomic mass is 10.1. The smallest absolute Gasteiger partial charge is 0.276 e. The van der Waals surface area contributed by atoms with E-state index in [0.29, 0.717) is 18.6 Å². The van der Waals surface area contributed by atoms with E-state index in [1.54, 1.807) is 0 Å². The molecule has 0 aromatic heterocycles. The van der Waals surface area contributed by atoms with Gasteiger partial charge in [-0.2, -0.15) is 20.2 Å². The van der Waals surface area contributed by atoms with Crippen molar-refractivity contribution in [1.29, 1.82) is 0 Å². The van der Waals surface area contributed by atoms with Crippen LogP contribution in [0.1, 0.15) is 58.8 Å². The molecule has 7 heteroatoms. The van der Waals surface area contributed by atoms with Gasteiger partial charge >= 0.3 is 0 Å². The van der Waals surface area contributed by atoms with Crippen molar-refractivity contribution in [2.75, 3.05) is 34.5 Å². The Hall–Kier alpha value is 0.280. The van der Waals surface area contributed by atoms with Crippen molar-refractivity contribution in [3.8, 4) is 0 Å². The molecule has 23 heavy (non-hydrogen) atoms. The van der Waals surface area contributed by atoms with Crippen LogP contribution in [0.4, 0.5) is 0 Å². The Labute approximate surface area is 148 Å². The summed E-state index contributed by atoms with van der Waals surface area (Å²) in [5, 5.41) is 0. The molecule has 1 fully saturated rings. The highest BCUT2D eigenvalue weighted by atomic mass is 32.3. The fraction of sp³-hybridized carbons (Fsp3) is 0.938. The summed E-state index contributed by atoms with van der Waals surface area (Å²) in [6.07, 6.45) is 6.33.